The molecule has 2 saturated heterocycles. The zero-order chi connectivity index (χ0) is 16.6. The van der Waals surface area contributed by atoms with E-state index in [4.69, 9.17) is 10.00 Å². The van der Waals surface area contributed by atoms with Gasteiger partial charge in [-0.15, -0.1) is 0 Å². The lowest BCUT2D eigenvalue weighted by Gasteiger charge is -2.23. The van der Waals surface area contributed by atoms with Crippen LogP contribution in [0.3, 0.4) is 0 Å². The van der Waals surface area contributed by atoms with Gasteiger partial charge in [0.15, 0.2) is 0 Å². The van der Waals surface area contributed by atoms with Crippen molar-refractivity contribution >= 4 is 23.7 Å². The van der Waals surface area contributed by atoms with Crippen molar-refractivity contribution in [1.29, 1.82) is 5.26 Å². The number of nitrogens with one attached hydrogen (secondary N) is 1. The lowest BCUT2D eigenvalue weighted by molar-refractivity contribution is -0.130. The molecule has 2 fully saturated rings. The van der Waals surface area contributed by atoms with Crippen molar-refractivity contribution < 1.29 is 19.1 Å². The number of rotatable bonds is 3. The molecule has 118 valence electrons. The Morgan fingerprint density at radius 3 is 2.83 bits per heavy atom. The number of carbonyl (C=O) groups is 3. The molecule has 3 rings (SSSR count). The van der Waals surface area contributed by atoms with Gasteiger partial charge >= 0.3 is 12.1 Å². The largest absolute Gasteiger partial charge is 0.447 e. The molecule has 0 radical (unpaired) electrons. The fraction of sp³-hybridized carbons (Fsp3) is 0.333. The third-order valence-electron chi connectivity index (χ3n) is 4.00. The van der Waals surface area contributed by atoms with Crippen molar-refractivity contribution in [1.82, 2.24) is 10.2 Å². The number of benzene rings is 1. The van der Waals surface area contributed by atoms with E-state index >= 15 is 0 Å². The van der Waals surface area contributed by atoms with E-state index in [1.54, 1.807) is 37.3 Å². The van der Waals surface area contributed by atoms with Crippen LogP contribution < -0.4 is 10.2 Å². The Labute approximate surface area is 132 Å². The van der Waals surface area contributed by atoms with E-state index in [1.807, 2.05) is 0 Å². The Morgan fingerprint density at radius 1 is 1.39 bits per heavy atom. The number of anilines is 1. The Balaban J connectivity index is 1.96. The first-order valence-electron chi connectivity index (χ1n) is 7.03. The van der Waals surface area contributed by atoms with Crippen LogP contribution in [0.15, 0.2) is 24.3 Å². The first-order chi connectivity index (χ1) is 11.0. The standard InChI is InChI=1S/C15H14N4O4/c1-15(12(20)19(6-5-16)13(21)17-15)10-3-2-4-11(9-10)18-7-8-23-14(18)22/h2-4,9H,6-8H2,1H3,(H,17,21)/t15-/m0/s1. The van der Waals surface area contributed by atoms with E-state index in [1.165, 1.54) is 4.90 Å². The third-order valence-corrected chi connectivity index (χ3v) is 4.00. The van der Waals surface area contributed by atoms with E-state index in [-0.39, 0.29) is 6.54 Å². The number of nitriles is 1. The van der Waals surface area contributed by atoms with Crippen molar-refractivity contribution in [2.24, 2.45) is 0 Å². The number of carbonyl (C=O) groups excluding carboxylic acids is 3. The molecule has 0 aromatic heterocycles. The van der Waals surface area contributed by atoms with Gasteiger partial charge < -0.3 is 10.1 Å². The predicted octanol–water partition coefficient (Wildman–Crippen LogP) is 0.934. The summed E-state index contributed by atoms with van der Waals surface area (Å²) < 4.78 is 4.90. The molecule has 0 aliphatic carbocycles. The number of hydrogen-bond acceptors (Lipinski definition) is 5. The fourth-order valence-electron chi connectivity index (χ4n) is 2.72. The average Bonchev–Trinajstić information content (AvgIpc) is 3.05. The van der Waals surface area contributed by atoms with Gasteiger partial charge in [-0.1, -0.05) is 12.1 Å². The van der Waals surface area contributed by atoms with Gasteiger partial charge in [-0.25, -0.2) is 14.5 Å². The molecule has 0 spiro atoms. The highest BCUT2D eigenvalue weighted by atomic mass is 16.6. The molecule has 4 amide bonds. The van der Waals surface area contributed by atoms with Gasteiger partial charge in [-0.05, 0) is 24.6 Å². The summed E-state index contributed by atoms with van der Waals surface area (Å²) in [6.07, 6.45) is -0.444. The van der Waals surface area contributed by atoms with Crippen molar-refractivity contribution in [2.45, 2.75) is 12.5 Å². The Kier molecular flexibility index (Phi) is 3.41. The highest BCUT2D eigenvalue weighted by Gasteiger charge is 2.49. The Hall–Kier alpha value is -3.08. The summed E-state index contributed by atoms with van der Waals surface area (Å²) in [5.74, 6) is -0.495. The Bertz CT molecular complexity index is 741. The molecule has 23 heavy (non-hydrogen) atoms. The smallest absolute Gasteiger partial charge is 0.414 e. The number of cyclic esters (lactones) is 1. The monoisotopic (exact) mass is 314 g/mol. The Morgan fingerprint density at radius 2 is 2.17 bits per heavy atom. The molecule has 0 unspecified atom stereocenters. The minimum absolute atomic E-state index is 0.307. The molecule has 2 aliphatic rings. The van der Waals surface area contributed by atoms with E-state index in [0.29, 0.717) is 24.4 Å². The first-order valence-corrected chi connectivity index (χ1v) is 7.03. The summed E-state index contributed by atoms with van der Waals surface area (Å²) in [6, 6.07) is 7.98. The molecule has 1 aromatic carbocycles. The highest BCUT2D eigenvalue weighted by molar-refractivity contribution is 6.07. The molecule has 0 bridgehead atoms. The van der Waals surface area contributed by atoms with Gasteiger partial charge in [0.1, 0.15) is 18.7 Å². The van der Waals surface area contributed by atoms with E-state index < -0.39 is 23.6 Å². The first kappa shape index (κ1) is 14.8. The molecular formula is C15H14N4O4. The molecule has 8 heteroatoms. The van der Waals surface area contributed by atoms with E-state index in [2.05, 4.69) is 5.32 Å². The van der Waals surface area contributed by atoms with E-state index in [0.717, 1.165) is 4.90 Å². The van der Waals surface area contributed by atoms with Gasteiger partial charge in [0.25, 0.3) is 5.91 Å². The quantitative estimate of drug-likeness (QED) is 0.660. The summed E-state index contributed by atoms with van der Waals surface area (Å²) >= 11 is 0. The fourth-order valence-corrected chi connectivity index (χ4v) is 2.72. The molecule has 1 N–H and O–H groups in total. The number of amides is 4. The van der Waals surface area contributed by atoms with Gasteiger partial charge in [0.05, 0.1) is 12.6 Å². The van der Waals surface area contributed by atoms with Gasteiger partial charge in [0, 0.05) is 5.69 Å². The topological polar surface area (TPSA) is 103 Å². The molecule has 1 atom stereocenters. The van der Waals surface area contributed by atoms with Crippen LogP contribution in [0.4, 0.5) is 15.3 Å². The van der Waals surface area contributed by atoms with Crippen LogP contribution in [0.5, 0.6) is 0 Å². The maximum absolute atomic E-state index is 12.5. The maximum atomic E-state index is 12.5. The lowest BCUT2D eigenvalue weighted by Crippen LogP contribution is -2.41. The third kappa shape index (κ3) is 2.26. The van der Waals surface area contributed by atoms with Crippen LogP contribution in [-0.2, 0) is 15.1 Å². The van der Waals surface area contributed by atoms with Crippen LogP contribution in [0, 0.1) is 11.3 Å². The molecule has 8 nitrogen and oxygen atoms in total. The summed E-state index contributed by atoms with van der Waals surface area (Å²) in [5, 5.41) is 11.3. The van der Waals surface area contributed by atoms with Crippen molar-refractivity contribution in [3.05, 3.63) is 29.8 Å². The molecule has 2 heterocycles. The second-order valence-electron chi connectivity index (χ2n) is 5.42. The van der Waals surface area contributed by atoms with Crippen LogP contribution in [0.2, 0.25) is 0 Å². The zero-order valence-corrected chi connectivity index (χ0v) is 12.4. The molecule has 2 aliphatic heterocycles. The van der Waals surface area contributed by atoms with Crippen molar-refractivity contribution in [3.63, 3.8) is 0 Å². The number of urea groups is 1. The highest BCUT2D eigenvalue weighted by Crippen LogP contribution is 2.31. The molecule has 0 saturated carbocycles. The van der Waals surface area contributed by atoms with E-state index in [9.17, 15) is 14.4 Å². The minimum atomic E-state index is -1.27. The van der Waals surface area contributed by atoms with Crippen molar-refractivity contribution in [3.8, 4) is 6.07 Å². The predicted molar refractivity (Wildman–Crippen MR) is 78.3 cm³/mol. The maximum Gasteiger partial charge on any atom is 0.414 e. The summed E-state index contributed by atoms with van der Waals surface area (Å²) in [4.78, 5) is 38.4. The van der Waals surface area contributed by atoms with Gasteiger partial charge in [-0.2, -0.15) is 5.26 Å². The summed E-state index contributed by atoms with van der Waals surface area (Å²) in [5.41, 5.74) is -0.145. The number of imide groups is 1. The number of nitrogens with zero attached hydrogens (tertiary/aromatic N) is 3. The van der Waals surface area contributed by atoms with Crippen molar-refractivity contribution in [2.75, 3.05) is 24.6 Å². The second-order valence-corrected chi connectivity index (χ2v) is 5.42. The van der Waals surface area contributed by atoms with Gasteiger partial charge in [-0.3, -0.25) is 9.69 Å². The van der Waals surface area contributed by atoms with Crippen LogP contribution in [0.1, 0.15) is 12.5 Å². The normalized spacial score (nSPS) is 23.7. The average molecular weight is 314 g/mol. The lowest BCUT2D eigenvalue weighted by atomic mass is 9.91. The second kappa shape index (κ2) is 5.28. The number of hydrogen-bond donors (Lipinski definition) is 1. The van der Waals surface area contributed by atoms with Crippen LogP contribution in [-0.4, -0.2) is 42.6 Å². The molecular weight excluding hydrogens is 300 g/mol. The number of ether oxygens (including phenoxy) is 1. The summed E-state index contributed by atoms with van der Waals surface area (Å²) in [6.45, 7) is 2.01. The SMILES string of the molecule is C[C@@]1(c2cccc(N3CCOC3=O)c2)NC(=O)N(CC#N)C1=O. The minimum Gasteiger partial charge on any atom is -0.447 e. The van der Waals surface area contributed by atoms with Crippen LogP contribution >= 0.6 is 0 Å². The van der Waals surface area contributed by atoms with Gasteiger partial charge in [0.2, 0.25) is 0 Å². The zero-order valence-electron chi connectivity index (χ0n) is 12.4. The van der Waals surface area contributed by atoms with Crippen LogP contribution in [0.25, 0.3) is 0 Å². The summed E-state index contributed by atoms with van der Waals surface area (Å²) in [7, 11) is 0. The molecule has 1 aromatic rings.